The number of aliphatic hydroxyl groups is 1. The standard InChI is InChI=1S/C22H29N3O2S/c26-13-9-17-14-25(12-11-24(17)15-20-21(28)8-10-23-20)22(27)19-7-3-5-16-4-1-2-6-18(16)19/h1-7,17,20-21,23,26,28H,8-15H2. The molecule has 2 aliphatic heterocycles. The molecule has 0 spiro atoms. The lowest BCUT2D eigenvalue weighted by Crippen LogP contribution is -2.57. The molecule has 0 saturated carbocycles. The monoisotopic (exact) mass is 399 g/mol. The summed E-state index contributed by atoms with van der Waals surface area (Å²) in [6, 6.07) is 14.5. The topological polar surface area (TPSA) is 55.8 Å². The molecular weight excluding hydrogens is 370 g/mol. The molecule has 2 aromatic rings. The van der Waals surface area contributed by atoms with E-state index in [-0.39, 0.29) is 18.6 Å². The SMILES string of the molecule is O=C(c1cccc2ccccc12)N1CCN(CC2NCCC2S)C(CCO)C1. The van der Waals surface area contributed by atoms with Gasteiger partial charge >= 0.3 is 0 Å². The second-order valence-electron chi connectivity index (χ2n) is 7.86. The van der Waals surface area contributed by atoms with Gasteiger partial charge in [-0.3, -0.25) is 9.69 Å². The molecule has 1 amide bonds. The van der Waals surface area contributed by atoms with Crippen LogP contribution < -0.4 is 5.32 Å². The summed E-state index contributed by atoms with van der Waals surface area (Å²) in [5.74, 6) is 0.0884. The van der Waals surface area contributed by atoms with E-state index < -0.39 is 0 Å². The Balaban J connectivity index is 1.49. The van der Waals surface area contributed by atoms with E-state index >= 15 is 0 Å². The summed E-state index contributed by atoms with van der Waals surface area (Å²) in [6.45, 7) is 4.29. The Morgan fingerprint density at radius 2 is 2.00 bits per heavy atom. The quantitative estimate of drug-likeness (QED) is 0.674. The second kappa shape index (κ2) is 8.82. The van der Waals surface area contributed by atoms with Crippen LogP contribution >= 0.6 is 12.6 Å². The van der Waals surface area contributed by atoms with Crippen molar-refractivity contribution < 1.29 is 9.90 Å². The Bertz CT molecular complexity index is 825. The van der Waals surface area contributed by atoms with Crippen LogP contribution in [-0.2, 0) is 0 Å². The summed E-state index contributed by atoms with van der Waals surface area (Å²) in [6.07, 6.45) is 1.78. The lowest BCUT2D eigenvalue weighted by atomic mass is 10.0. The van der Waals surface area contributed by atoms with E-state index in [4.69, 9.17) is 12.6 Å². The van der Waals surface area contributed by atoms with Gasteiger partial charge < -0.3 is 15.3 Å². The number of nitrogens with zero attached hydrogens (tertiary/aromatic N) is 2. The molecule has 0 aromatic heterocycles. The van der Waals surface area contributed by atoms with E-state index in [0.717, 1.165) is 42.4 Å². The predicted octanol–water partition coefficient (Wildman–Crippen LogP) is 2.01. The number of carbonyl (C=O) groups is 1. The van der Waals surface area contributed by atoms with Crippen molar-refractivity contribution in [3.8, 4) is 0 Å². The summed E-state index contributed by atoms with van der Waals surface area (Å²) in [5.41, 5.74) is 0.766. The molecule has 2 aromatic carbocycles. The van der Waals surface area contributed by atoms with Gasteiger partial charge in [-0.15, -0.1) is 0 Å². The van der Waals surface area contributed by atoms with Crippen molar-refractivity contribution in [2.24, 2.45) is 0 Å². The minimum absolute atomic E-state index is 0.0884. The molecule has 5 nitrogen and oxygen atoms in total. The van der Waals surface area contributed by atoms with Crippen LogP contribution in [0.25, 0.3) is 10.8 Å². The molecular formula is C22H29N3O2S. The Morgan fingerprint density at radius 3 is 2.79 bits per heavy atom. The first kappa shape index (κ1) is 19.7. The smallest absolute Gasteiger partial charge is 0.254 e. The number of amides is 1. The van der Waals surface area contributed by atoms with Crippen molar-refractivity contribution in [2.75, 3.05) is 39.3 Å². The van der Waals surface area contributed by atoms with E-state index in [0.29, 0.717) is 30.8 Å². The Hall–Kier alpha value is -1.60. The number of hydrogen-bond donors (Lipinski definition) is 3. The molecule has 0 aliphatic carbocycles. The molecule has 3 unspecified atom stereocenters. The van der Waals surface area contributed by atoms with Crippen molar-refractivity contribution in [1.29, 1.82) is 0 Å². The van der Waals surface area contributed by atoms with Gasteiger partial charge in [0.2, 0.25) is 0 Å². The molecule has 0 bridgehead atoms. The third-order valence-electron chi connectivity index (χ3n) is 6.12. The van der Waals surface area contributed by atoms with E-state index in [1.165, 1.54) is 0 Å². The van der Waals surface area contributed by atoms with Gasteiger partial charge in [0.15, 0.2) is 0 Å². The van der Waals surface area contributed by atoms with Gasteiger partial charge in [0, 0.05) is 55.7 Å². The average molecular weight is 400 g/mol. The highest BCUT2D eigenvalue weighted by atomic mass is 32.1. The molecule has 4 rings (SSSR count). The second-order valence-corrected chi connectivity index (χ2v) is 8.52. The molecule has 2 N–H and O–H groups in total. The fraction of sp³-hybridized carbons (Fsp3) is 0.500. The van der Waals surface area contributed by atoms with Gasteiger partial charge in [0.25, 0.3) is 5.91 Å². The Morgan fingerprint density at radius 1 is 1.18 bits per heavy atom. The lowest BCUT2D eigenvalue weighted by molar-refractivity contribution is 0.0400. The summed E-state index contributed by atoms with van der Waals surface area (Å²) in [5, 5.41) is 15.6. The first-order valence-electron chi connectivity index (χ1n) is 10.2. The minimum Gasteiger partial charge on any atom is -0.396 e. The van der Waals surface area contributed by atoms with E-state index in [9.17, 15) is 9.90 Å². The number of hydrogen-bond acceptors (Lipinski definition) is 5. The first-order chi connectivity index (χ1) is 13.7. The zero-order chi connectivity index (χ0) is 19.5. The molecule has 2 saturated heterocycles. The number of rotatable bonds is 5. The fourth-order valence-corrected chi connectivity index (χ4v) is 4.84. The van der Waals surface area contributed by atoms with Crippen molar-refractivity contribution >= 4 is 29.3 Å². The third-order valence-corrected chi connectivity index (χ3v) is 6.73. The molecule has 28 heavy (non-hydrogen) atoms. The summed E-state index contributed by atoms with van der Waals surface area (Å²) in [7, 11) is 0. The van der Waals surface area contributed by atoms with Crippen LogP contribution in [0.5, 0.6) is 0 Å². The maximum absolute atomic E-state index is 13.3. The van der Waals surface area contributed by atoms with Crippen molar-refractivity contribution in [2.45, 2.75) is 30.2 Å². The number of nitrogens with one attached hydrogen (secondary N) is 1. The first-order valence-corrected chi connectivity index (χ1v) is 10.7. The van der Waals surface area contributed by atoms with E-state index in [1.54, 1.807) is 0 Å². The van der Waals surface area contributed by atoms with Crippen molar-refractivity contribution in [3.63, 3.8) is 0 Å². The molecule has 6 heteroatoms. The minimum atomic E-state index is 0.0884. The number of carbonyl (C=O) groups excluding carboxylic acids is 1. The molecule has 3 atom stereocenters. The molecule has 0 radical (unpaired) electrons. The highest BCUT2D eigenvalue weighted by Crippen LogP contribution is 2.23. The van der Waals surface area contributed by atoms with Gasteiger partial charge in [-0.05, 0) is 36.2 Å². The lowest BCUT2D eigenvalue weighted by Gasteiger charge is -2.42. The van der Waals surface area contributed by atoms with Gasteiger partial charge in [0.05, 0.1) is 0 Å². The summed E-state index contributed by atoms with van der Waals surface area (Å²) >= 11 is 4.70. The molecule has 2 heterocycles. The van der Waals surface area contributed by atoms with Crippen LogP contribution in [0.3, 0.4) is 0 Å². The van der Waals surface area contributed by atoms with Gasteiger partial charge in [-0.2, -0.15) is 12.6 Å². The maximum atomic E-state index is 13.3. The number of piperazine rings is 1. The Kier molecular flexibility index (Phi) is 6.21. The number of aliphatic hydroxyl groups excluding tert-OH is 1. The third kappa shape index (κ3) is 4.06. The van der Waals surface area contributed by atoms with Crippen molar-refractivity contribution in [3.05, 3.63) is 48.0 Å². The zero-order valence-corrected chi connectivity index (χ0v) is 17.0. The summed E-state index contributed by atoms with van der Waals surface area (Å²) in [4.78, 5) is 17.7. The van der Waals surface area contributed by atoms with Crippen molar-refractivity contribution in [1.82, 2.24) is 15.1 Å². The van der Waals surface area contributed by atoms with Crippen LogP contribution in [0, 0.1) is 0 Å². The van der Waals surface area contributed by atoms with Gasteiger partial charge in [-0.25, -0.2) is 0 Å². The van der Waals surface area contributed by atoms with Crippen LogP contribution in [-0.4, -0.2) is 77.5 Å². The normalized spacial score (nSPS) is 26.1. The largest absolute Gasteiger partial charge is 0.396 e. The van der Waals surface area contributed by atoms with Crippen LogP contribution in [0.4, 0.5) is 0 Å². The number of fused-ring (bicyclic) bond motifs is 1. The zero-order valence-electron chi connectivity index (χ0n) is 16.1. The average Bonchev–Trinajstić information content (AvgIpc) is 3.13. The number of benzene rings is 2. The highest BCUT2D eigenvalue weighted by Gasteiger charge is 2.33. The predicted molar refractivity (Wildman–Crippen MR) is 116 cm³/mol. The molecule has 2 aliphatic rings. The number of thiol groups is 1. The maximum Gasteiger partial charge on any atom is 0.254 e. The van der Waals surface area contributed by atoms with E-state index in [1.807, 2.05) is 47.4 Å². The Labute approximate surface area is 172 Å². The van der Waals surface area contributed by atoms with Gasteiger partial charge in [-0.1, -0.05) is 36.4 Å². The molecule has 2 fully saturated rings. The summed E-state index contributed by atoms with van der Waals surface area (Å²) < 4.78 is 0. The van der Waals surface area contributed by atoms with Gasteiger partial charge in [0.1, 0.15) is 0 Å². The highest BCUT2D eigenvalue weighted by molar-refractivity contribution is 7.81. The fourth-order valence-electron chi connectivity index (χ4n) is 4.52. The molecule has 150 valence electrons. The van der Waals surface area contributed by atoms with Crippen LogP contribution in [0.1, 0.15) is 23.2 Å². The van der Waals surface area contributed by atoms with Crippen LogP contribution in [0.2, 0.25) is 0 Å². The van der Waals surface area contributed by atoms with E-state index in [2.05, 4.69) is 10.2 Å². The van der Waals surface area contributed by atoms with Crippen LogP contribution in [0.15, 0.2) is 42.5 Å².